The van der Waals surface area contributed by atoms with E-state index in [9.17, 15) is 27.9 Å². The Morgan fingerprint density at radius 2 is 1.96 bits per heavy atom. The second kappa shape index (κ2) is 7.97. The highest BCUT2D eigenvalue weighted by Gasteiger charge is 2.45. The molecule has 3 N–H and O–H groups in total. The van der Waals surface area contributed by atoms with Crippen LogP contribution in [0.1, 0.15) is 36.5 Å². The number of carbonyl (C=O) groups is 1. The molecule has 0 unspecified atom stereocenters. The maximum Gasteiger partial charge on any atom is 0.416 e. The summed E-state index contributed by atoms with van der Waals surface area (Å²) in [6, 6.07) is -1.45. The van der Waals surface area contributed by atoms with Crippen LogP contribution < -0.4 is 10.9 Å². The number of amides is 1. The quantitative estimate of drug-likeness (QED) is 0.689. The number of alkyl halides is 3. The highest BCUT2D eigenvalue weighted by Crippen LogP contribution is 2.26. The number of carbonyl (C=O) groups excluding carboxylic acids is 1. The van der Waals surface area contributed by atoms with Crippen molar-refractivity contribution in [2.24, 2.45) is 5.92 Å². The highest BCUT2D eigenvalue weighted by molar-refractivity contribution is 7.18. The molecule has 0 aliphatic heterocycles. The molecule has 2 atom stereocenters. The first-order valence-corrected chi connectivity index (χ1v) is 9.26. The van der Waals surface area contributed by atoms with E-state index in [1.54, 1.807) is 0 Å². The van der Waals surface area contributed by atoms with Gasteiger partial charge in [-0.2, -0.15) is 13.2 Å². The lowest BCUT2D eigenvalue weighted by Crippen LogP contribution is -2.52. The molecule has 27 heavy (non-hydrogen) atoms. The van der Waals surface area contributed by atoms with Crippen LogP contribution in [0.4, 0.5) is 13.2 Å². The minimum absolute atomic E-state index is 0.0694. The predicted octanol–water partition coefficient (Wildman–Crippen LogP) is 2.60. The Balaban J connectivity index is 2.08. The van der Waals surface area contributed by atoms with Gasteiger partial charge in [-0.25, -0.2) is 4.98 Å². The van der Waals surface area contributed by atoms with Crippen molar-refractivity contribution < 1.29 is 23.1 Å². The molecule has 2 aromatic heterocycles. The third kappa shape index (κ3) is 4.86. The summed E-state index contributed by atoms with van der Waals surface area (Å²) in [7, 11) is 0. The largest absolute Gasteiger partial charge is 0.416 e. The first kappa shape index (κ1) is 21.4. The molecular formula is C17H22F3N3O3S. The molecule has 1 amide bonds. The van der Waals surface area contributed by atoms with Crippen LogP contribution in [0.5, 0.6) is 0 Å². The van der Waals surface area contributed by atoms with E-state index >= 15 is 0 Å². The summed E-state index contributed by atoms with van der Waals surface area (Å²) < 4.78 is 38.2. The Labute approximate surface area is 157 Å². The predicted molar refractivity (Wildman–Crippen MR) is 96.9 cm³/mol. The van der Waals surface area contributed by atoms with Crippen molar-refractivity contribution in [3.8, 4) is 0 Å². The van der Waals surface area contributed by atoms with Gasteiger partial charge in [0, 0.05) is 17.7 Å². The normalized spacial score (nSPS) is 14.6. The number of aryl methyl sites for hydroxylation is 3. The Kier molecular flexibility index (Phi) is 6.31. The molecule has 0 aliphatic carbocycles. The van der Waals surface area contributed by atoms with Gasteiger partial charge in [0.1, 0.15) is 10.7 Å². The van der Waals surface area contributed by atoms with Crippen LogP contribution in [-0.2, 0) is 11.2 Å². The fourth-order valence-corrected chi connectivity index (χ4v) is 3.77. The molecule has 2 heterocycles. The van der Waals surface area contributed by atoms with Crippen LogP contribution in [0.25, 0.3) is 10.2 Å². The lowest BCUT2D eigenvalue weighted by molar-refractivity contribution is -0.215. The number of hydrogen-bond acceptors (Lipinski definition) is 5. The Morgan fingerprint density at radius 3 is 2.52 bits per heavy atom. The Bertz CT molecular complexity index is 889. The number of aromatic nitrogens is 2. The standard InChI is InChI=1S/C17H22F3N3O3S/c1-7(2)13(14(25)17(18,19)20)23-11(24)6-5-10-21-15(26)12-8(3)9(4)27-16(12)22-10/h7,13-14,25H,5-6H2,1-4H3,(H,23,24)(H,21,22,26)/t13-,14-/m0/s1. The van der Waals surface area contributed by atoms with Crippen LogP contribution in [0.15, 0.2) is 4.79 Å². The molecule has 0 fully saturated rings. The van der Waals surface area contributed by atoms with Gasteiger partial charge in [0.2, 0.25) is 5.91 Å². The maximum absolute atomic E-state index is 12.7. The number of halogens is 3. The molecule has 0 aromatic carbocycles. The molecule has 0 aliphatic rings. The van der Waals surface area contributed by atoms with E-state index in [2.05, 4.69) is 15.3 Å². The van der Waals surface area contributed by atoms with Crippen LogP contribution in [0.3, 0.4) is 0 Å². The summed E-state index contributed by atoms with van der Waals surface area (Å²) in [5.41, 5.74) is 0.554. The van der Waals surface area contributed by atoms with Crippen molar-refractivity contribution in [3.63, 3.8) is 0 Å². The lowest BCUT2D eigenvalue weighted by atomic mass is 9.97. The second-order valence-corrected chi connectivity index (χ2v) is 8.00. The van der Waals surface area contributed by atoms with E-state index in [1.165, 1.54) is 25.2 Å². The molecule has 10 heteroatoms. The average Bonchev–Trinajstić information content (AvgIpc) is 2.83. The molecule has 150 valence electrons. The summed E-state index contributed by atoms with van der Waals surface area (Å²) in [6.07, 6.45) is -7.56. The molecule has 0 spiro atoms. The lowest BCUT2D eigenvalue weighted by Gasteiger charge is -2.28. The van der Waals surface area contributed by atoms with Gasteiger partial charge in [-0.05, 0) is 25.3 Å². The van der Waals surface area contributed by atoms with Gasteiger partial charge in [0.15, 0.2) is 6.10 Å². The van der Waals surface area contributed by atoms with E-state index in [0.717, 1.165) is 10.4 Å². The van der Waals surface area contributed by atoms with Gasteiger partial charge in [-0.3, -0.25) is 9.59 Å². The summed E-state index contributed by atoms with van der Waals surface area (Å²) in [5.74, 6) is -0.975. The van der Waals surface area contributed by atoms with E-state index < -0.39 is 30.1 Å². The van der Waals surface area contributed by atoms with Crippen LogP contribution >= 0.6 is 11.3 Å². The molecule has 0 saturated heterocycles. The molecule has 0 bridgehead atoms. The smallest absolute Gasteiger partial charge is 0.382 e. The number of fused-ring (bicyclic) bond motifs is 1. The average molecular weight is 405 g/mol. The second-order valence-electron chi connectivity index (χ2n) is 6.80. The topological polar surface area (TPSA) is 95.1 Å². The zero-order valence-corrected chi connectivity index (χ0v) is 16.2. The number of hydrogen-bond donors (Lipinski definition) is 3. The minimum atomic E-state index is -4.82. The highest BCUT2D eigenvalue weighted by atomic mass is 32.1. The summed E-state index contributed by atoms with van der Waals surface area (Å²) in [5, 5.41) is 12.2. The van der Waals surface area contributed by atoms with Crippen molar-refractivity contribution >= 4 is 27.5 Å². The van der Waals surface area contributed by atoms with Gasteiger partial charge in [-0.15, -0.1) is 11.3 Å². The zero-order chi connectivity index (χ0) is 20.5. The van der Waals surface area contributed by atoms with Crippen molar-refractivity contribution in [1.82, 2.24) is 15.3 Å². The van der Waals surface area contributed by atoms with Crippen LogP contribution in [0.2, 0.25) is 0 Å². The van der Waals surface area contributed by atoms with Crippen molar-refractivity contribution in [2.45, 2.75) is 58.9 Å². The molecule has 2 rings (SSSR count). The van der Waals surface area contributed by atoms with Gasteiger partial charge in [0.05, 0.1) is 11.4 Å². The molecule has 6 nitrogen and oxygen atoms in total. The monoisotopic (exact) mass is 405 g/mol. The maximum atomic E-state index is 12.7. The van der Waals surface area contributed by atoms with Gasteiger partial charge in [0.25, 0.3) is 5.56 Å². The van der Waals surface area contributed by atoms with Crippen molar-refractivity contribution in [1.29, 1.82) is 0 Å². The number of nitrogens with one attached hydrogen (secondary N) is 2. The third-order valence-electron chi connectivity index (χ3n) is 4.40. The van der Waals surface area contributed by atoms with Crippen LogP contribution in [-0.4, -0.2) is 39.3 Å². The molecular weight excluding hydrogens is 383 g/mol. The van der Waals surface area contributed by atoms with Crippen molar-refractivity contribution in [3.05, 3.63) is 26.6 Å². The number of H-pyrrole nitrogens is 1. The van der Waals surface area contributed by atoms with Crippen LogP contribution in [0, 0.1) is 19.8 Å². The molecule has 0 saturated carbocycles. The Morgan fingerprint density at radius 1 is 1.33 bits per heavy atom. The molecule has 0 radical (unpaired) electrons. The fraction of sp³-hybridized carbons (Fsp3) is 0.588. The van der Waals surface area contributed by atoms with Gasteiger partial charge >= 0.3 is 6.18 Å². The number of aromatic amines is 1. The number of rotatable bonds is 6. The first-order chi connectivity index (χ1) is 12.4. The first-order valence-electron chi connectivity index (χ1n) is 8.44. The number of aliphatic hydroxyl groups is 1. The van der Waals surface area contributed by atoms with Gasteiger partial charge in [-0.1, -0.05) is 13.8 Å². The summed E-state index contributed by atoms with van der Waals surface area (Å²) >= 11 is 1.37. The summed E-state index contributed by atoms with van der Waals surface area (Å²) in [4.78, 5) is 32.7. The zero-order valence-electron chi connectivity index (χ0n) is 15.4. The summed E-state index contributed by atoms with van der Waals surface area (Å²) in [6.45, 7) is 6.67. The minimum Gasteiger partial charge on any atom is -0.382 e. The van der Waals surface area contributed by atoms with E-state index in [1.807, 2.05) is 13.8 Å². The fourth-order valence-electron chi connectivity index (χ4n) is 2.72. The Hall–Kier alpha value is -1.94. The number of aliphatic hydroxyl groups excluding tert-OH is 1. The van der Waals surface area contributed by atoms with Crippen molar-refractivity contribution in [2.75, 3.05) is 0 Å². The van der Waals surface area contributed by atoms with Gasteiger partial charge < -0.3 is 15.4 Å². The number of thiophene rings is 1. The third-order valence-corrected chi connectivity index (χ3v) is 5.50. The van der Waals surface area contributed by atoms with E-state index in [-0.39, 0.29) is 18.4 Å². The molecule has 2 aromatic rings. The van der Waals surface area contributed by atoms with E-state index in [0.29, 0.717) is 16.0 Å². The SMILES string of the molecule is Cc1sc2nc(CCC(=O)N[C@@H](C(C)C)[C@H](O)C(F)(F)F)[nH]c(=O)c2c1C. The number of nitrogens with zero attached hydrogens (tertiary/aromatic N) is 1. The van der Waals surface area contributed by atoms with E-state index in [4.69, 9.17) is 0 Å².